The van der Waals surface area contributed by atoms with Crippen molar-refractivity contribution in [2.24, 2.45) is 0 Å². The molecule has 0 atom stereocenters. The molecule has 8 nitrogen and oxygen atoms in total. The van der Waals surface area contributed by atoms with Crippen molar-refractivity contribution in [2.75, 3.05) is 5.32 Å². The summed E-state index contributed by atoms with van der Waals surface area (Å²) in [5.41, 5.74) is 3.90. The zero-order valence-electron chi connectivity index (χ0n) is 14.8. The van der Waals surface area contributed by atoms with E-state index in [4.69, 9.17) is 0 Å². The monoisotopic (exact) mass is 341 g/mol. The molecule has 0 fully saturated rings. The molecular formula is C17H23N7O. The molecule has 1 N–H and O–H groups in total. The van der Waals surface area contributed by atoms with Crippen molar-refractivity contribution in [2.45, 2.75) is 46.8 Å². The average Bonchev–Trinajstić information content (AvgIpc) is 3.28. The van der Waals surface area contributed by atoms with E-state index in [-0.39, 0.29) is 5.91 Å². The van der Waals surface area contributed by atoms with Crippen LogP contribution in [-0.4, -0.2) is 35.2 Å². The first-order chi connectivity index (χ1) is 12.0. The van der Waals surface area contributed by atoms with Gasteiger partial charge in [-0.2, -0.15) is 15.3 Å². The number of rotatable bonds is 7. The number of hydrogen-bond acceptors (Lipinski definition) is 4. The lowest BCUT2D eigenvalue weighted by atomic mass is 10.2. The average molecular weight is 341 g/mol. The Morgan fingerprint density at radius 1 is 1.20 bits per heavy atom. The summed E-state index contributed by atoms with van der Waals surface area (Å²) in [6.45, 7) is 8.08. The van der Waals surface area contributed by atoms with Gasteiger partial charge in [-0.05, 0) is 26.8 Å². The number of aryl methyl sites for hydroxylation is 3. The summed E-state index contributed by atoms with van der Waals surface area (Å²) in [5.74, 6) is -0.0531. The molecule has 0 aromatic carbocycles. The Kier molecular flexibility index (Phi) is 4.97. The normalized spacial score (nSPS) is 11.0. The van der Waals surface area contributed by atoms with Crippen LogP contribution >= 0.6 is 0 Å². The Hall–Kier alpha value is -2.90. The summed E-state index contributed by atoms with van der Waals surface area (Å²) in [7, 11) is 0. The van der Waals surface area contributed by atoms with Crippen LogP contribution in [0.2, 0.25) is 0 Å². The molecule has 3 aromatic heterocycles. The summed E-state index contributed by atoms with van der Waals surface area (Å²) in [5, 5.41) is 15.8. The number of hydrogen-bond donors (Lipinski definition) is 1. The van der Waals surface area contributed by atoms with Gasteiger partial charge in [0.05, 0.1) is 30.3 Å². The van der Waals surface area contributed by atoms with Gasteiger partial charge in [0, 0.05) is 43.2 Å². The predicted molar refractivity (Wildman–Crippen MR) is 94.2 cm³/mol. The third kappa shape index (κ3) is 4.14. The Morgan fingerprint density at radius 3 is 2.72 bits per heavy atom. The van der Waals surface area contributed by atoms with Gasteiger partial charge in [-0.25, -0.2) is 0 Å². The Balaban J connectivity index is 1.54. The molecule has 3 aromatic rings. The fourth-order valence-corrected chi connectivity index (χ4v) is 2.68. The topological polar surface area (TPSA) is 82.6 Å². The highest BCUT2D eigenvalue weighted by Gasteiger charge is 2.09. The van der Waals surface area contributed by atoms with Crippen LogP contribution in [0.25, 0.3) is 0 Å². The van der Waals surface area contributed by atoms with Crippen LogP contribution in [0.15, 0.2) is 30.9 Å². The van der Waals surface area contributed by atoms with E-state index in [9.17, 15) is 4.79 Å². The van der Waals surface area contributed by atoms with E-state index in [0.29, 0.717) is 25.2 Å². The van der Waals surface area contributed by atoms with E-state index in [1.165, 1.54) is 0 Å². The molecule has 3 heterocycles. The van der Waals surface area contributed by atoms with Crippen LogP contribution in [0.5, 0.6) is 0 Å². The van der Waals surface area contributed by atoms with Crippen molar-refractivity contribution in [1.82, 2.24) is 29.3 Å². The highest BCUT2D eigenvalue weighted by Crippen LogP contribution is 2.12. The first-order valence-corrected chi connectivity index (χ1v) is 8.39. The zero-order chi connectivity index (χ0) is 17.8. The van der Waals surface area contributed by atoms with Gasteiger partial charge in [0.25, 0.3) is 0 Å². The van der Waals surface area contributed by atoms with E-state index in [0.717, 1.165) is 23.5 Å². The first-order valence-electron chi connectivity index (χ1n) is 8.39. The molecule has 132 valence electrons. The maximum atomic E-state index is 12.1. The highest BCUT2D eigenvalue weighted by atomic mass is 16.1. The van der Waals surface area contributed by atoms with Crippen LogP contribution in [-0.2, 0) is 24.4 Å². The van der Waals surface area contributed by atoms with Crippen LogP contribution in [0.1, 0.15) is 30.3 Å². The second-order valence-corrected chi connectivity index (χ2v) is 6.02. The largest absolute Gasteiger partial charge is 0.323 e. The van der Waals surface area contributed by atoms with Crippen LogP contribution in [0.4, 0.5) is 5.69 Å². The maximum Gasteiger partial charge on any atom is 0.226 e. The van der Waals surface area contributed by atoms with E-state index in [1.54, 1.807) is 15.6 Å². The molecule has 0 aliphatic heterocycles. The number of aromatic nitrogens is 6. The molecule has 0 spiro atoms. The number of anilines is 1. The van der Waals surface area contributed by atoms with Gasteiger partial charge in [0.2, 0.25) is 5.91 Å². The minimum Gasteiger partial charge on any atom is -0.323 e. The summed E-state index contributed by atoms with van der Waals surface area (Å²) in [6.07, 6.45) is 7.60. The summed E-state index contributed by atoms with van der Waals surface area (Å²) < 4.78 is 5.53. The third-order valence-electron chi connectivity index (χ3n) is 4.10. The van der Waals surface area contributed by atoms with E-state index in [1.807, 2.05) is 36.3 Å². The van der Waals surface area contributed by atoms with Gasteiger partial charge >= 0.3 is 0 Å². The predicted octanol–water partition coefficient (Wildman–Crippen LogP) is 1.99. The van der Waals surface area contributed by atoms with Crippen LogP contribution in [0.3, 0.4) is 0 Å². The van der Waals surface area contributed by atoms with E-state index >= 15 is 0 Å². The molecule has 25 heavy (non-hydrogen) atoms. The van der Waals surface area contributed by atoms with Gasteiger partial charge in [0.1, 0.15) is 0 Å². The van der Waals surface area contributed by atoms with Crippen LogP contribution in [0, 0.1) is 13.8 Å². The molecule has 0 bridgehead atoms. The second-order valence-electron chi connectivity index (χ2n) is 6.02. The molecule has 3 rings (SSSR count). The number of nitrogens with one attached hydrogen (secondary N) is 1. The minimum atomic E-state index is -0.0531. The standard InChI is InChI=1S/C17H23N7O/c1-4-24-14(3)15(9-19-24)11-23-12-16(10-18-23)20-17(25)6-8-22-7-5-13(2)21-22/h5,7,9-10,12H,4,6,8,11H2,1-3H3,(H,20,25). The first kappa shape index (κ1) is 16.9. The van der Waals surface area contributed by atoms with E-state index in [2.05, 4.69) is 34.5 Å². The molecule has 0 aliphatic rings. The Morgan fingerprint density at radius 2 is 2.04 bits per heavy atom. The Bertz CT molecular complexity index is 858. The molecule has 1 amide bonds. The molecule has 8 heteroatoms. The van der Waals surface area contributed by atoms with Gasteiger partial charge in [-0.3, -0.25) is 18.8 Å². The minimum absolute atomic E-state index is 0.0531. The molecule has 0 saturated carbocycles. The molecule has 0 saturated heterocycles. The lowest BCUT2D eigenvalue weighted by molar-refractivity contribution is -0.116. The SMILES string of the molecule is CCn1ncc(Cn2cc(NC(=O)CCn3ccc(C)n3)cn2)c1C. The maximum absolute atomic E-state index is 12.1. The fourth-order valence-electron chi connectivity index (χ4n) is 2.68. The zero-order valence-corrected chi connectivity index (χ0v) is 14.8. The summed E-state index contributed by atoms with van der Waals surface area (Å²) in [6, 6.07) is 1.92. The van der Waals surface area contributed by atoms with Crippen molar-refractivity contribution in [3.05, 3.63) is 47.8 Å². The van der Waals surface area contributed by atoms with Gasteiger partial charge in [0.15, 0.2) is 0 Å². The molecule has 0 radical (unpaired) electrons. The number of carbonyl (C=O) groups excluding carboxylic acids is 1. The van der Waals surface area contributed by atoms with Gasteiger partial charge < -0.3 is 5.32 Å². The molecular weight excluding hydrogens is 318 g/mol. The van der Waals surface area contributed by atoms with Crippen molar-refractivity contribution >= 4 is 11.6 Å². The lowest BCUT2D eigenvalue weighted by Gasteiger charge is -2.04. The van der Waals surface area contributed by atoms with Gasteiger partial charge in [-0.1, -0.05) is 0 Å². The number of carbonyl (C=O) groups is 1. The Labute approximate surface area is 146 Å². The van der Waals surface area contributed by atoms with Crippen molar-refractivity contribution in [3.8, 4) is 0 Å². The van der Waals surface area contributed by atoms with Gasteiger partial charge in [-0.15, -0.1) is 0 Å². The van der Waals surface area contributed by atoms with Crippen molar-refractivity contribution in [3.63, 3.8) is 0 Å². The third-order valence-corrected chi connectivity index (χ3v) is 4.10. The highest BCUT2D eigenvalue weighted by molar-refractivity contribution is 5.90. The fraction of sp³-hybridized carbons (Fsp3) is 0.412. The molecule has 0 aliphatic carbocycles. The van der Waals surface area contributed by atoms with Crippen molar-refractivity contribution in [1.29, 1.82) is 0 Å². The second kappa shape index (κ2) is 7.33. The smallest absolute Gasteiger partial charge is 0.226 e. The molecule has 0 unspecified atom stereocenters. The lowest BCUT2D eigenvalue weighted by Crippen LogP contribution is -2.14. The van der Waals surface area contributed by atoms with E-state index < -0.39 is 0 Å². The summed E-state index contributed by atoms with van der Waals surface area (Å²) in [4.78, 5) is 12.1. The summed E-state index contributed by atoms with van der Waals surface area (Å²) >= 11 is 0. The number of amides is 1. The van der Waals surface area contributed by atoms with Crippen LogP contribution < -0.4 is 5.32 Å². The van der Waals surface area contributed by atoms with Crippen molar-refractivity contribution < 1.29 is 4.79 Å². The number of nitrogens with zero attached hydrogens (tertiary/aromatic N) is 6. The quantitative estimate of drug-likeness (QED) is 0.712.